The number of rotatable bonds is 6. The predicted octanol–water partition coefficient (Wildman–Crippen LogP) is 3.93. The standard InChI is InChI=1S/C20H16BrFN2O3S/c21-16-5-3-14(4-6-16)20(25)24-13-19(15-2-1-11-23-12-15)28(26,27)18-9-7-17(22)8-10-18/h1-12,19H,13H2,(H,24,25). The van der Waals surface area contributed by atoms with Gasteiger partial charge in [-0.1, -0.05) is 22.0 Å². The molecule has 0 saturated carbocycles. The van der Waals surface area contributed by atoms with Crippen molar-refractivity contribution < 1.29 is 17.6 Å². The molecule has 0 spiro atoms. The van der Waals surface area contributed by atoms with Crippen LogP contribution in [0.15, 0.2) is 82.4 Å². The van der Waals surface area contributed by atoms with Crippen LogP contribution in [-0.2, 0) is 9.84 Å². The van der Waals surface area contributed by atoms with Crippen LogP contribution >= 0.6 is 15.9 Å². The Morgan fingerprint density at radius 3 is 2.36 bits per heavy atom. The third-order valence-electron chi connectivity index (χ3n) is 4.13. The topological polar surface area (TPSA) is 76.1 Å². The minimum atomic E-state index is -3.88. The number of halogens is 2. The first-order chi connectivity index (χ1) is 13.4. The normalized spacial score (nSPS) is 12.4. The third kappa shape index (κ3) is 4.63. The van der Waals surface area contributed by atoms with Gasteiger partial charge in [0.15, 0.2) is 9.84 Å². The summed E-state index contributed by atoms with van der Waals surface area (Å²) in [5, 5.41) is 1.61. The summed E-state index contributed by atoms with van der Waals surface area (Å²) in [4.78, 5) is 16.4. The van der Waals surface area contributed by atoms with E-state index in [0.717, 1.165) is 16.6 Å². The van der Waals surface area contributed by atoms with Gasteiger partial charge in [-0.15, -0.1) is 0 Å². The maximum absolute atomic E-state index is 13.2. The van der Waals surface area contributed by atoms with Gasteiger partial charge in [-0.05, 0) is 60.2 Å². The summed E-state index contributed by atoms with van der Waals surface area (Å²) < 4.78 is 40.3. The smallest absolute Gasteiger partial charge is 0.251 e. The molecule has 144 valence electrons. The molecule has 0 aliphatic carbocycles. The first kappa shape index (κ1) is 20.2. The molecule has 0 radical (unpaired) electrons. The van der Waals surface area contributed by atoms with Crippen molar-refractivity contribution in [2.75, 3.05) is 6.54 Å². The van der Waals surface area contributed by atoms with Gasteiger partial charge in [0.1, 0.15) is 11.1 Å². The van der Waals surface area contributed by atoms with Crippen LogP contribution in [0.4, 0.5) is 4.39 Å². The molecule has 0 aliphatic rings. The molecular formula is C20H16BrFN2O3S. The molecule has 1 atom stereocenters. The third-order valence-corrected chi connectivity index (χ3v) is 6.77. The van der Waals surface area contributed by atoms with Gasteiger partial charge >= 0.3 is 0 Å². The molecule has 1 aromatic heterocycles. The highest BCUT2D eigenvalue weighted by molar-refractivity contribution is 9.10. The number of carbonyl (C=O) groups is 1. The Balaban J connectivity index is 1.88. The summed E-state index contributed by atoms with van der Waals surface area (Å²) in [6, 6.07) is 14.6. The Bertz CT molecular complexity index is 1060. The van der Waals surface area contributed by atoms with E-state index in [2.05, 4.69) is 26.2 Å². The average Bonchev–Trinajstić information content (AvgIpc) is 2.69. The average molecular weight is 463 g/mol. The highest BCUT2D eigenvalue weighted by Crippen LogP contribution is 2.28. The number of nitrogens with one attached hydrogen (secondary N) is 1. The Hall–Kier alpha value is -2.58. The molecule has 1 amide bonds. The molecule has 1 N–H and O–H groups in total. The summed E-state index contributed by atoms with van der Waals surface area (Å²) in [5.41, 5.74) is 0.843. The number of sulfone groups is 1. The van der Waals surface area contributed by atoms with E-state index in [1.807, 2.05) is 0 Å². The van der Waals surface area contributed by atoms with Crippen LogP contribution in [0.3, 0.4) is 0 Å². The molecule has 0 fully saturated rings. The molecule has 1 heterocycles. The molecule has 0 bridgehead atoms. The summed E-state index contributed by atoms with van der Waals surface area (Å²) in [7, 11) is -3.88. The summed E-state index contributed by atoms with van der Waals surface area (Å²) in [6.07, 6.45) is 2.98. The van der Waals surface area contributed by atoms with E-state index < -0.39 is 26.8 Å². The molecule has 28 heavy (non-hydrogen) atoms. The van der Waals surface area contributed by atoms with E-state index in [9.17, 15) is 17.6 Å². The largest absolute Gasteiger partial charge is 0.350 e. The predicted molar refractivity (Wildman–Crippen MR) is 107 cm³/mol. The van der Waals surface area contributed by atoms with Crippen LogP contribution in [0.25, 0.3) is 0 Å². The summed E-state index contributed by atoms with van der Waals surface area (Å²) in [6.45, 7) is -0.152. The summed E-state index contributed by atoms with van der Waals surface area (Å²) in [5.74, 6) is -0.920. The fourth-order valence-corrected chi connectivity index (χ4v) is 4.56. The number of amides is 1. The van der Waals surface area contributed by atoms with Crippen LogP contribution < -0.4 is 5.32 Å². The maximum Gasteiger partial charge on any atom is 0.251 e. The fourth-order valence-electron chi connectivity index (χ4n) is 2.65. The van der Waals surface area contributed by atoms with Crippen molar-refractivity contribution in [2.24, 2.45) is 0 Å². The zero-order valence-corrected chi connectivity index (χ0v) is 17.0. The van der Waals surface area contributed by atoms with Crippen LogP contribution in [0.2, 0.25) is 0 Å². The minimum absolute atomic E-state index is 0.0272. The number of nitrogens with zero attached hydrogens (tertiary/aromatic N) is 1. The highest BCUT2D eigenvalue weighted by Gasteiger charge is 2.30. The lowest BCUT2D eigenvalue weighted by Crippen LogP contribution is -2.32. The van der Waals surface area contributed by atoms with Gasteiger partial charge < -0.3 is 5.32 Å². The number of hydrogen-bond donors (Lipinski definition) is 1. The molecule has 3 aromatic rings. The number of carbonyl (C=O) groups excluding carboxylic acids is 1. The zero-order chi connectivity index (χ0) is 20.1. The van der Waals surface area contributed by atoms with Crippen molar-refractivity contribution in [1.82, 2.24) is 10.3 Å². The van der Waals surface area contributed by atoms with Crippen molar-refractivity contribution in [2.45, 2.75) is 10.1 Å². The molecule has 0 aliphatic heterocycles. The number of benzene rings is 2. The van der Waals surface area contributed by atoms with Gasteiger partial charge in [-0.25, -0.2) is 12.8 Å². The monoisotopic (exact) mass is 462 g/mol. The lowest BCUT2D eigenvalue weighted by Gasteiger charge is -2.19. The van der Waals surface area contributed by atoms with Crippen LogP contribution in [0, 0.1) is 5.82 Å². The Morgan fingerprint density at radius 1 is 1.07 bits per heavy atom. The van der Waals surface area contributed by atoms with Gasteiger partial charge in [0.05, 0.1) is 4.90 Å². The van der Waals surface area contributed by atoms with E-state index in [1.54, 1.807) is 36.4 Å². The molecule has 0 saturated heterocycles. The molecule has 1 unspecified atom stereocenters. The molecular weight excluding hydrogens is 447 g/mol. The van der Waals surface area contributed by atoms with Crippen molar-refractivity contribution >= 4 is 31.7 Å². The van der Waals surface area contributed by atoms with Crippen molar-refractivity contribution in [1.29, 1.82) is 0 Å². The van der Waals surface area contributed by atoms with Crippen LogP contribution in [0.1, 0.15) is 21.2 Å². The molecule has 3 rings (SSSR count). The fraction of sp³-hybridized carbons (Fsp3) is 0.100. The number of aromatic nitrogens is 1. The first-order valence-electron chi connectivity index (χ1n) is 8.31. The molecule has 5 nitrogen and oxygen atoms in total. The van der Waals surface area contributed by atoms with Crippen LogP contribution in [0.5, 0.6) is 0 Å². The van der Waals surface area contributed by atoms with E-state index in [0.29, 0.717) is 11.1 Å². The van der Waals surface area contributed by atoms with Gasteiger partial charge in [0.2, 0.25) is 0 Å². The van der Waals surface area contributed by atoms with Crippen molar-refractivity contribution in [3.63, 3.8) is 0 Å². The SMILES string of the molecule is O=C(NCC(c1cccnc1)S(=O)(=O)c1ccc(F)cc1)c1ccc(Br)cc1. The van der Waals surface area contributed by atoms with Crippen molar-refractivity contribution in [3.05, 3.63) is 94.5 Å². The quantitative estimate of drug-likeness (QED) is 0.563. The second-order valence-electron chi connectivity index (χ2n) is 5.99. The Labute approximate surface area is 170 Å². The molecule has 8 heteroatoms. The van der Waals surface area contributed by atoms with Gasteiger partial charge in [0.25, 0.3) is 5.91 Å². The van der Waals surface area contributed by atoms with Gasteiger partial charge in [-0.2, -0.15) is 0 Å². The summed E-state index contributed by atoms with van der Waals surface area (Å²) >= 11 is 3.30. The highest BCUT2D eigenvalue weighted by atomic mass is 79.9. The lowest BCUT2D eigenvalue weighted by molar-refractivity contribution is 0.0953. The Morgan fingerprint density at radius 2 is 1.75 bits per heavy atom. The Kier molecular flexibility index (Phi) is 6.21. The van der Waals surface area contributed by atoms with E-state index in [-0.39, 0.29) is 11.4 Å². The van der Waals surface area contributed by atoms with Gasteiger partial charge in [-0.3, -0.25) is 9.78 Å². The maximum atomic E-state index is 13.2. The minimum Gasteiger partial charge on any atom is -0.350 e. The zero-order valence-electron chi connectivity index (χ0n) is 14.5. The van der Waals surface area contributed by atoms with E-state index in [1.165, 1.54) is 24.5 Å². The van der Waals surface area contributed by atoms with Crippen molar-refractivity contribution in [3.8, 4) is 0 Å². The molecule has 2 aromatic carbocycles. The number of hydrogen-bond acceptors (Lipinski definition) is 4. The van der Waals surface area contributed by atoms with Gasteiger partial charge in [0, 0.05) is 29.0 Å². The number of pyridine rings is 1. The second-order valence-corrected chi connectivity index (χ2v) is 9.04. The second kappa shape index (κ2) is 8.62. The van der Waals surface area contributed by atoms with E-state index >= 15 is 0 Å². The first-order valence-corrected chi connectivity index (χ1v) is 10.6. The van der Waals surface area contributed by atoms with E-state index in [4.69, 9.17) is 0 Å². The lowest BCUT2D eigenvalue weighted by atomic mass is 10.2. The van der Waals surface area contributed by atoms with Crippen LogP contribution in [-0.4, -0.2) is 25.9 Å².